The van der Waals surface area contributed by atoms with Crippen LogP contribution in [0.25, 0.3) is 10.1 Å². The number of anilines is 1. The second-order valence-corrected chi connectivity index (χ2v) is 8.76. The Balaban J connectivity index is 0.000000225. The number of thiophene rings is 1. The number of allylic oxidation sites excluding steroid dienone is 2. The lowest BCUT2D eigenvalue weighted by molar-refractivity contribution is -0.129. The first kappa shape index (κ1) is 22.7. The van der Waals surface area contributed by atoms with E-state index < -0.39 is 0 Å². The summed E-state index contributed by atoms with van der Waals surface area (Å²) in [7, 11) is 1.82. The van der Waals surface area contributed by atoms with Crippen molar-refractivity contribution >= 4 is 38.9 Å². The molecule has 3 aromatic rings. The second-order valence-electron chi connectivity index (χ2n) is 7.84. The first-order valence-electron chi connectivity index (χ1n) is 10.5. The van der Waals surface area contributed by atoms with E-state index >= 15 is 0 Å². The zero-order chi connectivity index (χ0) is 22.4. The lowest BCUT2D eigenvalue weighted by Crippen LogP contribution is -2.35. The van der Waals surface area contributed by atoms with Gasteiger partial charge in [0.05, 0.1) is 0 Å². The van der Waals surface area contributed by atoms with Gasteiger partial charge in [0.25, 0.3) is 0 Å². The molecule has 31 heavy (non-hydrogen) atoms. The molecule has 0 saturated carbocycles. The van der Waals surface area contributed by atoms with E-state index in [4.69, 9.17) is 5.73 Å². The van der Waals surface area contributed by atoms with Gasteiger partial charge in [0.2, 0.25) is 5.91 Å². The maximum Gasteiger partial charge on any atom is 0.219 e. The van der Waals surface area contributed by atoms with Gasteiger partial charge in [-0.25, -0.2) is 4.98 Å². The van der Waals surface area contributed by atoms with Crippen molar-refractivity contribution in [3.8, 4) is 0 Å². The minimum Gasteiger partial charge on any atom is -0.384 e. The molecule has 2 N–H and O–H groups in total. The molecule has 4 rings (SSSR count). The van der Waals surface area contributed by atoms with E-state index in [0.717, 1.165) is 24.8 Å². The Bertz CT molecular complexity index is 1090. The fraction of sp³-hybridized carbons (Fsp3) is 0.320. The summed E-state index contributed by atoms with van der Waals surface area (Å²) in [5.41, 5.74) is 8.30. The summed E-state index contributed by atoms with van der Waals surface area (Å²) in [5.74, 6) is 0.482. The summed E-state index contributed by atoms with van der Waals surface area (Å²) in [6, 6.07) is 12.0. The molecule has 162 valence electrons. The van der Waals surface area contributed by atoms with Crippen molar-refractivity contribution in [3.05, 3.63) is 70.8 Å². The van der Waals surface area contributed by atoms with Crippen LogP contribution < -0.4 is 5.73 Å². The molecular weight excluding hydrogens is 406 g/mol. The fourth-order valence-electron chi connectivity index (χ4n) is 3.70. The Morgan fingerprint density at radius 2 is 1.94 bits per heavy atom. The zero-order valence-electron chi connectivity index (χ0n) is 18.3. The Hall–Kier alpha value is -2.99. The van der Waals surface area contributed by atoms with E-state index in [1.165, 1.54) is 21.8 Å². The number of carbonyl (C=O) groups excluding carboxylic acids is 2. The maximum atomic E-state index is 12.4. The largest absolute Gasteiger partial charge is 0.384 e. The van der Waals surface area contributed by atoms with Crippen LogP contribution in [0.3, 0.4) is 0 Å². The highest BCUT2D eigenvalue weighted by molar-refractivity contribution is 7.17. The summed E-state index contributed by atoms with van der Waals surface area (Å²) in [5, 5.41) is 3.59. The molecule has 1 aliphatic carbocycles. The molecule has 0 aliphatic heterocycles. The Labute approximate surface area is 187 Å². The zero-order valence-corrected chi connectivity index (χ0v) is 19.1. The summed E-state index contributed by atoms with van der Waals surface area (Å²) in [6.45, 7) is 3.73. The minimum atomic E-state index is 0.00799. The SMILES string of the molecule is CC(=O)N(C)[C@H]1CCC=C(C(=O)c2ccc(N)nc2)CC1.Cc1csc2ccccc12. The van der Waals surface area contributed by atoms with E-state index in [1.807, 2.05) is 24.5 Å². The number of ketones is 1. The number of carbonyl (C=O) groups is 2. The number of fused-ring (bicyclic) bond motifs is 1. The van der Waals surface area contributed by atoms with Crippen LogP contribution in [0.2, 0.25) is 0 Å². The highest BCUT2D eigenvalue weighted by Gasteiger charge is 2.22. The minimum absolute atomic E-state index is 0.00799. The van der Waals surface area contributed by atoms with E-state index in [0.29, 0.717) is 17.8 Å². The third-order valence-corrected chi connectivity index (χ3v) is 6.78. The number of nitrogen functional groups attached to an aromatic ring is 1. The van der Waals surface area contributed by atoms with Gasteiger partial charge in [0.15, 0.2) is 5.78 Å². The first-order chi connectivity index (χ1) is 14.9. The topological polar surface area (TPSA) is 76.3 Å². The van der Waals surface area contributed by atoms with Gasteiger partial charge < -0.3 is 10.6 Å². The highest BCUT2D eigenvalue weighted by Crippen LogP contribution is 2.25. The molecule has 0 spiro atoms. The van der Waals surface area contributed by atoms with Gasteiger partial charge in [-0.2, -0.15) is 0 Å². The number of amides is 1. The average Bonchev–Trinajstić information content (AvgIpc) is 2.99. The molecule has 6 heteroatoms. The summed E-state index contributed by atoms with van der Waals surface area (Å²) >= 11 is 1.81. The van der Waals surface area contributed by atoms with Crippen LogP contribution >= 0.6 is 11.3 Å². The van der Waals surface area contributed by atoms with Gasteiger partial charge in [-0.15, -0.1) is 11.3 Å². The van der Waals surface area contributed by atoms with Crippen molar-refractivity contribution in [2.45, 2.75) is 45.6 Å². The molecule has 1 aliphatic rings. The van der Waals surface area contributed by atoms with Crippen molar-refractivity contribution in [2.75, 3.05) is 12.8 Å². The average molecular weight is 436 g/mol. The summed E-state index contributed by atoms with van der Waals surface area (Å²) < 4.78 is 1.39. The number of benzene rings is 1. The van der Waals surface area contributed by atoms with Crippen molar-refractivity contribution in [1.29, 1.82) is 0 Å². The van der Waals surface area contributed by atoms with E-state index in [2.05, 4.69) is 41.6 Å². The normalized spacial score (nSPS) is 16.0. The fourth-order valence-corrected chi connectivity index (χ4v) is 4.65. The van der Waals surface area contributed by atoms with Crippen LogP contribution in [0.4, 0.5) is 5.82 Å². The van der Waals surface area contributed by atoms with Crippen molar-refractivity contribution in [1.82, 2.24) is 9.88 Å². The number of hydrogen-bond acceptors (Lipinski definition) is 5. The van der Waals surface area contributed by atoms with Crippen LogP contribution in [0, 0.1) is 6.92 Å². The number of nitrogens with two attached hydrogens (primary N) is 1. The van der Waals surface area contributed by atoms with Gasteiger partial charge in [-0.05, 0) is 72.7 Å². The Morgan fingerprint density at radius 3 is 2.61 bits per heavy atom. The number of hydrogen-bond donors (Lipinski definition) is 1. The Kier molecular flexibility index (Phi) is 7.58. The van der Waals surface area contributed by atoms with Crippen molar-refractivity contribution in [3.63, 3.8) is 0 Å². The standard InChI is InChI=1S/C16H21N3O2.C9H8S/c1-11(20)19(2)14-5-3-4-12(6-8-14)16(21)13-7-9-15(17)18-10-13;1-7-6-10-9-5-3-2-4-8(7)9/h4,7,9-10,14H,3,5-6,8H2,1-2H3,(H2,17,18);2-6H,1H3/t14-;/m0./s1. The van der Waals surface area contributed by atoms with Crippen LogP contribution in [-0.4, -0.2) is 34.7 Å². The number of rotatable bonds is 3. The Morgan fingerprint density at radius 1 is 1.16 bits per heavy atom. The monoisotopic (exact) mass is 435 g/mol. The van der Waals surface area contributed by atoms with Gasteiger partial charge in [0.1, 0.15) is 5.82 Å². The van der Waals surface area contributed by atoms with E-state index in [1.54, 1.807) is 24.0 Å². The van der Waals surface area contributed by atoms with Crippen molar-refractivity contribution in [2.24, 2.45) is 0 Å². The summed E-state index contributed by atoms with van der Waals surface area (Å²) in [4.78, 5) is 29.6. The number of pyridine rings is 1. The van der Waals surface area contributed by atoms with Gasteiger partial charge in [-0.1, -0.05) is 24.3 Å². The molecule has 1 atom stereocenters. The second kappa shape index (κ2) is 10.4. The van der Waals surface area contributed by atoms with Crippen LogP contribution in [0.15, 0.2) is 59.6 Å². The molecule has 1 aromatic carbocycles. The van der Waals surface area contributed by atoms with Crippen LogP contribution in [0.5, 0.6) is 0 Å². The molecule has 5 nitrogen and oxygen atoms in total. The molecule has 0 radical (unpaired) electrons. The quantitative estimate of drug-likeness (QED) is 0.559. The predicted octanol–water partition coefficient (Wildman–Crippen LogP) is 5.40. The number of aromatic nitrogens is 1. The molecule has 0 bridgehead atoms. The van der Waals surface area contributed by atoms with Crippen LogP contribution in [0.1, 0.15) is 48.5 Å². The van der Waals surface area contributed by atoms with Gasteiger partial charge in [-0.3, -0.25) is 9.59 Å². The molecule has 0 unspecified atom stereocenters. The lowest BCUT2D eigenvalue weighted by Gasteiger charge is -2.26. The van der Waals surface area contributed by atoms with Gasteiger partial charge >= 0.3 is 0 Å². The molecular formula is C25H29N3O2S. The smallest absolute Gasteiger partial charge is 0.219 e. The number of nitrogens with zero attached hydrogens (tertiary/aromatic N) is 2. The van der Waals surface area contributed by atoms with Crippen LogP contribution in [-0.2, 0) is 4.79 Å². The van der Waals surface area contributed by atoms with Gasteiger partial charge in [0, 0.05) is 36.5 Å². The third-order valence-electron chi connectivity index (χ3n) is 5.70. The predicted molar refractivity (Wildman–Crippen MR) is 128 cm³/mol. The summed E-state index contributed by atoms with van der Waals surface area (Å²) in [6.07, 6.45) is 6.72. The maximum absolute atomic E-state index is 12.4. The number of Topliss-reactive ketones (excluding diaryl/α,β-unsaturated/α-hetero) is 1. The van der Waals surface area contributed by atoms with E-state index in [9.17, 15) is 9.59 Å². The molecule has 2 heterocycles. The number of aryl methyl sites for hydroxylation is 1. The van der Waals surface area contributed by atoms with Crippen molar-refractivity contribution < 1.29 is 9.59 Å². The third kappa shape index (κ3) is 5.79. The lowest BCUT2D eigenvalue weighted by atomic mass is 10.00. The van der Waals surface area contributed by atoms with E-state index in [-0.39, 0.29) is 17.7 Å². The molecule has 0 saturated heterocycles. The molecule has 2 aromatic heterocycles. The molecule has 0 fully saturated rings. The molecule has 1 amide bonds. The first-order valence-corrected chi connectivity index (χ1v) is 11.4. The highest BCUT2D eigenvalue weighted by atomic mass is 32.1.